The molecule has 0 saturated heterocycles. The summed E-state index contributed by atoms with van der Waals surface area (Å²) in [6.07, 6.45) is 1.33. The van der Waals surface area contributed by atoms with Crippen molar-refractivity contribution in [2.75, 3.05) is 12.3 Å². The van der Waals surface area contributed by atoms with Crippen LogP contribution in [0.1, 0.15) is 16.1 Å². The van der Waals surface area contributed by atoms with Crippen molar-refractivity contribution in [1.29, 1.82) is 0 Å². The Bertz CT molecular complexity index is 825. The summed E-state index contributed by atoms with van der Waals surface area (Å²) in [7, 11) is -3.62. The van der Waals surface area contributed by atoms with Crippen molar-refractivity contribution in [2.24, 2.45) is 10.9 Å². The van der Waals surface area contributed by atoms with Crippen LogP contribution in [0.5, 0.6) is 11.6 Å². The summed E-state index contributed by atoms with van der Waals surface area (Å²) in [6.45, 7) is 0.180. The Morgan fingerprint density at radius 2 is 2.04 bits per heavy atom. The monoisotopic (exact) mass is 351 g/mol. The van der Waals surface area contributed by atoms with E-state index in [2.05, 4.69) is 15.3 Å². The number of nitrogens with two attached hydrogens (primary N) is 2. The number of sulfonamides is 1. The number of hydrogen-bond acceptors (Lipinski definition) is 7. The first-order chi connectivity index (χ1) is 11.4. The lowest BCUT2D eigenvalue weighted by Crippen LogP contribution is -2.31. The number of ether oxygens (including phenoxy) is 1. The van der Waals surface area contributed by atoms with E-state index in [-0.39, 0.29) is 18.8 Å². The van der Waals surface area contributed by atoms with Crippen molar-refractivity contribution in [2.45, 2.75) is 6.54 Å². The molecule has 0 unspecified atom stereocenters. The van der Waals surface area contributed by atoms with Crippen LogP contribution in [0.4, 0.5) is 0 Å². The fourth-order valence-corrected chi connectivity index (χ4v) is 2.16. The average Bonchev–Trinajstić information content (AvgIpc) is 2.54. The molecule has 1 aromatic carbocycles. The van der Waals surface area contributed by atoms with Crippen LogP contribution < -0.4 is 20.9 Å². The van der Waals surface area contributed by atoms with Gasteiger partial charge in [-0.3, -0.25) is 4.79 Å². The Hall–Kier alpha value is -2.56. The lowest BCUT2D eigenvalue weighted by molar-refractivity contribution is 0.0956. The molecule has 0 fully saturated rings. The number of benzene rings is 1. The lowest BCUT2D eigenvalue weighted by atomic mass is 10.2. The zero-order valence-electron chi connectivity index (χ0n) is 12.7. The quantitative estimate of drug-likeness (QED) is 0.622. The van der Waals surface area contributed by atoms with Gasteiger partial charge in [0.15, 0.2) is 0 Å². The van der Waals surface area contributed by atoms with Gasteiger partial charge in [0.05, 0.1) is 11.4 Å². The van der Waals surface area contributed by atoms with Crippen molar-refractivity contribution < 1.29 is 17.9 Å². The SMILES string of the molecule is NCc1cc(Oc2cccc(C(=O)NCCS(N)(=O)=O)c2)ncn1. The molecule has 0 bridgehead atoms. The molecule has 0 radical (unpaired) electrons. The van der Waals surface area contributed by atoms with Crippen LogP contribution in [-0.4, -0.2) is 36.6 Å². The Kier molecular flexibility index (Phi) is 5.79. The van der Waals surface area contributed by atoms with E-state index in [1.807, 2.05) is 0 Å². The zero-order valence-corrected chi connectivity index (χ0v) is 13.5. The molecule has 2 rings (SSSR count). The van der Waals surface area contributed by atoms with Crippen LogP contribution in [0.15, 0.2) is 36.7 Å². The number of aromatic nitrogens is 2. The minimum absolute atomic E-state index is 0.0749. The minimum atomic E-state index is -3.62. The lowest BCUT2D eigenvalue weighted by Gasteiger charge is -2.08. The second-order valence-electron chi connectivity index (χ2n) is 4.80. The van der Waals surface area contributed by atoms with E-state index in [9.17, 15) is 13.2 Å². The average molecular weight is 351 g/mol. The number of nitrogens with one attached hydrogen (secondary N) is 1. The number of carbonyl (C=O) groups is 1. The van der Waals surface area contributed by atoms with Gasteiger partial charge >= 0.3 is 0 Å². The van der Waals surface area contributed by atoms with E-state index in [4.69, 9.17) is 15.6 Å². The van der Waals surface area contributed by atoms with Gasteiger partial charge in [0.2, 0.25) is 15.9 Å². The number of nitrogens with zero attached hydrogens (tertiary/aromatic N) is 2. The second kappa shape index (κ2) is 7.81. The van der Waals surface area contributed by atoms with Gasteiger partial charge in [0, 0.05) is 24.7 Å². The van der Waals surface area contributed by atoms with Gasteiger partial charge in [-0.15, -0.1) is 0 Å². The maximum absolute atomic E-state index is 12.0. The molecule has 2 aromatic rings. The van der Waals surface area contributed by atoms with Gasteiger partial charge in [0.1, 0.15) is 12.1 Å². The van der Waals surface area contributed by atoms with Crippen molar-refractivity contribution >= 4 is 15.9 Å². The highest BCUT2D eigenvalue weighted by Crippen LogP contribution is 2.20. The van der Waals surface area contributed by atoms with Crippen LogP contribution in [0.2, 0.25) is 0 Å². The first-order valence-electron chi connectivity index (χ1n) is 6.95. The van der Waals surface area contributed by atoms with Crippen molar-refractivity contribution in [1.82, 2.24) is 15.3 Å². The molecular formula is C14H17N5O4S. The van der Waals surface area contributed by atoms with Gasteiger partial charge in [0.25, 0.3) is 5.91 Å². The molecule has 9 nitrogen and oxygen atoms in total. The summed E-state index contributed by atoms with van der Waals surface area (Å²) in [5.41, 5.74) is 6.44. The molecule has 0 aliphatic rings. The van der Waals surface area contributed by atoms with Crippen molar-refractivity contribution in [3.05, 3.63) is 47.9 Å². The fraction of sp³-hybridized carbons (Fsp3) is 0.214. The number of hydrogen-bond donors (Lipinski definition) is 3. The molecule has 0 aliphatic heterocycles. The summed E-state index contributed by atoms with van der Waals surface area (Å²) in [5.74, 6) is -0.0694. The van der Waals surface area contributed by atoms with Crippen LogP contribution in [0.3, 0.4) is 0 Å². The molecule has 1 heterocycles. The minimum Gasteiger partial charge on any atom is -0.439 e. The predicted molar refractivity (Wildman–Crippen MR) is 86.7 cm³/mol. The fourth-order valence-electron chi connectivity index (χ4n) is 1.77. The number of amides is 1. The van der Waals surface area contributed by atoms with Gasteiger partial charge in [-0.25, -0.2) is 23.5 Å². The third-order valence-electron chi connectivity index (χ3n) is 2.90. The van der Waals surface area contributed by atoms with Gasteiger partial charge in [-0.2, -0.15) is 0 Å². The standard InChI is InChI=1S/C14H17N5O4S/c15-8-11-7-13(19-9-18-11)23-12-3-1-2-10(6-12)14(20)17-4-5-24(16,21)22/h1-3,6-7,9H,4-5,8,15H2,(H,17,20)(H2,16,21,22). The smallest absolute Gasteiger partial charge is 0.251 e. The van der Waals surface area contributed by atoms with Gasteiger partial charge < -0.3 is 15.8 Å². The second-order valence-corrected chi connectivity index (χ2v) is 6.54. The summed E-state index contributed by atoms with van der Waals surface area (Å²) in [6, 6.07) is 7.97. The molecule has 5 N–H and O–H groups in total. The Morgan fingerprint density at radius 1 is 1.25 bits per heavy atom. The molecule has 0 saturated carbocycles. The molecule has 0 atom stereocenters. The first-order valence-corrected chi connectivity index (χ1v) is 8.66. The molecular weight excluding hydrogens is 334 g/mol. The highest BCUT2D eigenvalue weighted by molar-refractivity contribution is 7.89. The highest BCUT2D eigenvalue weighted by Gasteiger charge is 2.09. The number of primary sulfonamides is 1. The van der Waals surface area contributed by atoms with E-state index in [1.54, 1.807) is 24.3 Å². The normalized spacial score (nSPS) is 11.1. The maximum Gasteiger partial charge on any atom is 0.251 e. The van der Waals surface area contributed by atoms with Crippen LogP contribution >= 0.6 is 0 Å². The van der Waals surface area contributed by atoms with E-state index >= 15 is 0 Å². The molecule has 0 spiro atoms. The van der Waals surface area contributed by atoms with E-state index in [1.165, 1.54) is 12.4 Å². The van der Waals surface area contributed by atoms with Crippen LogP contribution in [0, 0.1) is 0 Å². The summed E-state index contributed by atoms with van der Waals surface area (Å²) >= 11 is 0. The molecule has 0 aliphatic carbocycles. The highest BCUT2D eigenvalue weighted by atomic mass is 32.2. The number of carbonyl (C=O) groups excluding carboxylic acids is 1. The van der Waals surface area contributed by atoms with Crippen molar-refractivity contribution in [3.8, 4) is 11.6 Å². The van der Waals surface area contributed by atoms with Crippen LogP contribution in [-0.2, 0) is 16.6 Å². The van der Waals surface area contributed by atoms with Crippen molar-refractivity contribution in [3.63, 3.8) is 0 Å². The molecule has 1 aromatic heterocycles. The molecule has 24 heavy (non-hydrogen) atoms. The van der Waals surface area contributed by atoms with E-state index < -0.39 is 15.9 Å². The molecule has 128 valence electrons. The first kappa shape index (κ1) is 17.8. The topological polar surface area (TPSA) is 150 Å². The third-order valence-corrected chi connectivity index (χ3v) is 3.67. The van der Waals surface area contributed by atoms with Gasteiger partial charge in [-0.05, 0) is 18.2 Å². The summed E-state index contributed by atoms with van der Waals surface area (Å²) in [5, 5.41) is 7.34. The summed E-state index contributed by atoms with van der Waals surface area (Å²) < 4.78 is 27.3. The molecule has 10 heteroatoms. The predicted octanol–water partition coefficient (Wildman–Crippen LogP) is -0.254. The maximum atomic E-state index is 12.0. The largest absolute Gasteiger partial charge is 0.439 e. The zero-order chi connectivity index (χ0) is 17.6. The van der Waals surface area contributed by atoms with E-state index in [0.717, 1.165) is 0 Å². The summed E-state index contributed by atoms with van der Waals surface area (Å²) in [4.78, 5) is 19.9. The van der Waals surface area contributed by atoms with E-state index in [0.29, 0.717) is 22.9 Å². The number of rotatable bonds is 7. The Morgan fingerprint density at radius 3 is 2.75 bits per heavy atom. The van der Waals surface area contributed by atoms with Gasteiger partial charge in [-0.1, -0.05) is 6.07 Å². The Balaban J connectivity index is 2.03. The molecule has 1 amide bonds. The third kappa shape index (κ3) is 5.57. The van der Waals surface area contributed by atoms with Crippen LogP contribution in [0.25, 0.3) is 0 Å². The Labute approximate surface area is 139 Å².